The van der Waals surface area contributed by atoms with Gasteiger partial charge in [-0.3, -0.25) is 0 Å². The molecule has 0 amide bonds. The molecule has 0 saturated heterocycles. The Morgan fingerprint density at radius 2 is 1.97 bits per heavy atom. The van der Waals surface area contributed by atoms with Crippen LogP contribution in [0, 0.1) is 11.7 Å². The van der Waals surface area contributed by atoms with Crippen molar-refractivity contribution in [2.75, 3.05) is 0 Å². The summed E-state index contributed by atoms with van der Waals surface area (Å²) in [5.41, 5.74) is 6.88. The van der Waals surface area contributed by atoms with Crippen molar-refractivity contribution in [1.82, 2.24) is 14.6 Å². The Balaban J connectivity index is 1.77. The Labute approximate surface area is 174 Å². The van der Waals surface area contributed by atoms with E-state index in [-0.39, 0.29) is 5.82 Å². The molecule has 1 aliphatic carbocycles. The summed E-state index contributed by atoms with van der Waals surface area (Å²) in [6, 6.07) is 14.4. The van der Waals surface area contributed by atoms with E-state index in [4.69, 9.17) is 16.6 Å². The molecule has 3 nitrogen and oxygen atoms in total. The second-order valence-electron chi connectivity index (χ2n) is 7.71. The van der Waals surface area contributed by atoms with Crippen LogP contribution in [-0.4, -0.2) is 14.6 Å². The molecule has 5 rings (SSSR count). The molecule has 0 saturated carbocycles. The quantitative estimate of drug-likeness (QED) is 0.396. The van der Waals surface area contributed by atoms with E-state index < -0.39 is 0 Å². The molecule has 29 heavy (non-hydrogen) atoms. The fourth-order valence-corrected chi connectivity index (χ4v) is 4.47. The minimum atomic E-state index is -0.243. The molecule has 0 spiro atoms. The van der Waals surface area contributed by atoms with Crippen LogP contribution in [0.2, 0.25) is 5.02 Å². The van der Waals surface area contributed by atoms with Gasteiger partial charge in [-0.15, -0.1) is 0 Å². The van der Waals surface area contributed by atoms with Crippen LogP contribution >= 0.6 is 11.6 Å². The Morgan fingerprint density at radius 1 is 1.14 bits per heavy atom. The first-order valence-corrected chi connectivity index (χ1v) is 10.4. The number of nitrogens with zero attached hydrogens (tertiary/aromatic N) is 3. The van der Waals surface area contributed by atoms with E-state index in [9.17, 15) is 4.39 Å². The van der Waals surface area contributed by atoms with E-state index in [0.29, 0.717) is 10.9 Å². The molecule has 1 aliphatic rings. The first-order chi connectivity index (χ1) is 14.1. The van der Waals surface area contributed by atoms with Gasteiger partial charge in [0.15, 0.2) is 5.65 Å². The zero-order valence-corrected chi connectivity index (χ0v) is 17.0. The number of aryl methyl sites for hydroxylation is 1. The highest BCUT2D eigenvalue weighted by Gasteiger charge is 2.26. The van der Waals surface area contributed by atoms with E-state index in [1.54, 1.807) is 12.1 Å². The summed E-state index contributed by atoms with van der Waals surface area (Å²) in [5.74, 6) is 0.382. The average molecular weight is 406 g/mol. The van der Waals surface area contributed by atoms with Crippen molar-refractivity contribution < 1.29 is 4.39 Å². The van der Waals surface area contributed by atoms with Crippen molar-refractivity contribution in [1.29, 1.82) is 0 Å². The number of hydrogen-bond donors (Lipinski definition) is 0. The number of hydrogen-bond acceptors (Lipinski definition) is 2. The maximum absolute atomic E-state index is 14.0. The van der Waals surface area contributed by atoms with Gasteiger partial charge in [0.2, 0.25) is 0 Å². The van der Waals surface area contributed by atoms with Gasteiger partial charge in [0.1, 0.15) is 5.82 Å². The highest BCUT2D eigenvalue weighted by atomic mass is 35.5. The predicted octanol–water partition coefficient (Wildman–Crippen LogP) is 6.37. The van der Waals surface area contributed by atoms with E-state index in [1.165, 1.54) is 17.3 Å². The normalized spacial score (nSPS) is 16.2. The van der Waals surface area contributed by atoms with Crippen molar-refractivity contribution in [2.45, 2.75) is 32.6 Å². The van der Waals surface area contributed by atoms with Crippen molar-refractivity contribution in [3.05, 3.63) is 76.8 Å². The smallest absolute Gasteiger partial charge is 0.163 e. The van der Waals surface area contributed by atoms with Crippen LogP contribution < -0.4 is 0 Å². The molecule has 2 aromatic carbocycles. The summed E-state index contributed by atoms with van der Waals surface area (Å²) in [7, 11) is 0. The first kappa shape index (κ1) is 18.3. The molecule has 0 bridgehead atoms. The fraction of sp³-hybridized carbons (Fsp3) is 0.250. The molecule has 1 unspecified atom stereocenters. The van der Waals surface area contributed by atoms with Gasteiger partial charge in [0, 0.05) is 27.4 Å². The van der Waals surface area contributed by atoms with Crippen molar-refractivity contribution in [3.63, 3.8) is 0 Å². The van der Waals surface area contributed by atoms with Crippen LogP contribution in [0.5, 0.6) is 0 Å². The molecular weight excluding hydrogens is 385 g/mol. The topological polar surface area (TPSA) is 30.2 Å². The van der Waals surface area contributed by atoms with Gasteiger partial charge in [-0.25, -0.2) is 13.9 Å². The van der Waals surface area contributed by atoms with Crippen LogP contribution in [0.4, 0.5) is 4.39 Å². The van der Waals surface area contributed by atoms with Gasteiger partial charge in [-0.2, -0.15) is 5.10 Å². The average Bonchev–Trinajstić information content (AvgIpc) is 3.17. The number of halogens is 2. The van der Waals surface area contributed by atoms with Crippen molar-refractivity contribution >= 4 is 17.2 Å². The van der Waals surface area contributed by atoms with Gasteiger partial charge >= 0.3 is 0 Å². The molecule has 4 aromatic rings. The summed E-state index contributed by atoms with van der Waals surface area (Å²) >= 11 is 6.06. The summed E-state index contributed by atoms with van der Waals surface area (Å²) in [6.07, 6.45) is 6.05. The summed E-state index contributed by atoms with van der Waals surface area (Å²) in [4.78, 5) is 5.03. The SMILES string of the molecule is CCC1CCc2c(c(-c3cccc(F)c3)nc3c(-c4ccc(Cl)cc4)cnn23)C1. The predicted molar refractivity (Wildman–Crippen MR) is 115 cm³/mol. The van der Waals surface area contributed by atoms with Gasteiger partial charge in [-0.05, 0) is 55.0 Å². The third kappa shape index (κ3) is 3.22. The molecule has 146 valence electrons. The van der Waals surface area contributed by atoms with E-state index >= 15 is 0 Å². The monoisotopic (exact) mass is 405 g/mol. The molecule has 1 atom stereocenters. The van der Waals surface area contributed by atoms with Crippen molar-refractivity contribution in [3.8, 4) is 22.4 Å². The third-order valence-corrected chi connectivity index (χ3v) is 6.22. The maximum atomic E-state index is 14.0. The van der Waals surface area contributed by atoms with Crippen LogP contribution in [0.3, 0.4) is 0 Å². The minimum absolute atomic E-state index is 0.243. The van der Waals surface area contributed by atoms with Gasteiger partial charge in [0.05, 0.1) is 11.9 Å². The van der Waals surface area contributed by atoms with Gasteiger partial charge < -0.3 is 0 Å². The lowest BCUT2D eigenvalue weighted by Gasteiger charge is -2.26. The molecule has 0 aliphatic heterocycles. The molecule has 0 N–H and O–H groups in total. The van der Waals surface area contributed by atoms with E-state index in [1.807, 2.05) is 41.0 Å². The number of benzene rings is 2. The maximum Gasteiger partial charge on any atom is 0.163 e. The summed E-state index contributed by atoms with van der Waals surface area (Å²) in [6.45, 7) is 2.23. The zero-order valence-electron chi connectivity index (χ0n) is 16.2. The van der Waals surface area contributed by atoms with Gasteiger partial charge in [-0.1, -0.05) is 49.2 Å². The Hall–Kier alpha value is -2.72. The molecular formula is C24H21ClFN3. The molecule has 5 heteroatoms. The number of aromatic nitrogens is 3. The Morgan fingerprint density at radius 3 is 2.72 bits per heavy atom. The third-order valence-electron chi connectivity index (χ3n) is 5.96. The van der Waals surface area contributed by atoms with E-state index in [0.717, 1.165) is 53.7 Å². The fourth-order valence-electron chi connectivity index (χ4n) is 4.34. The number of rotatable bonds is 3. The standard InChI is InChI=1S/C24H21ClFN3/c1-2-15-6-11-22-20(12-15)23(17-4-3-5-19(26)13-17)28-24-21(14-27-29(22)24)16-7-9-18(25)10-8-16/h3-5,7-10,13-15H,2,6,11-12H2,1H3. The highest BCUT2D eigenvalue weighted by Crippen LogP contribution is 2.36. The summed E-state index contributed by atoms with van der Waals surface area (Å²) < 4.78 is 16.0. The van der Waals surface area contributed by atoms with Gasteiger partial charge in [0.25, 0.3) is 0 Å². The first-order valence-electron chi connectivity index (χ1n) is 10.1. The molecule has 2 aromatic heterocycles. The van der Waals surface area contributed by atoms with Crippen LogP contribution in [-0.2, 0) is 12.8 Å². The van der Waals surface area contributed by atoms with Crippen molar-refractivity contribution in [2.24, 2.45) is 5.92 Å². The second kappa shape index (κ2) is 7.27. The lowest BCUT2D eigenvalue weighted by atomic mass is 9.83. The summed E-state index contributed by atoms with van der Waals surface area (Å²) in [5, 5.41) is 5.38. The van der Waals surface area contributed by atoms with Crippen LogP contribution in [0.25, 0.3) is 28.0 Å². The number of fused-ring (bicyclic) bond motifs is 3. The highest BCUT2D eigenvalue weighted by molar-refractivity contribution is 6.30. The van der Waals surface area contributed by atoms with Crippen LogP contribution in [0.1, 0.15) is 31.0 Å². The molecule has 0 radical (unpaired) electrons. The lowest BCUT2D eigenvalue weighted by molar-refractivity contribution is 0.435. The second-order valence-corrected chi connectivity index (χ2v) is 8.15. The minimum Gasteiger partial charge on any atom is -0.228 e. The zero-order chi connectivity index (χ0) is 20.0. The van der Waals surface area contributed by atoms with Crippen LogP contribution in [0.15, 0.2) is 54.7 Å². The Bertz CT molecular complexity index is 1200. The Kier molecular flexibility index (Phi) is 4.59. The largest absolute Gasteiger partial charge is 0.228 e. The van der Waals surface area contributed by atoms with E-state index in [2.05, 4.69) is 12.0 Å². The molecule has 2 heterocycles. The molecule has 0 fully saturated rings. The lowest BCUT2D eigenvalue weighted by Crippen LogP contribution is -2.19.